The minimum atomic E-state index is -4.51. The van der Waals surface area contributed by atoms with E-state index >= 15 is 0 Å². The van der Waals surface area contributed by atoms with Gasteiger partial charge in [-0.3, -0.25) is 19.4 Å². The number of halogens is 3. The van der Waals surface area contributed by atoms with E-state index in [9.17, 15) is 22.8 Å². The van der Waals surface area contributed by atoms with Gasteiger partial charge in [0, 0.05) is 34.1 Å². The number of hydrogen-bond donors (Lipinski definition) is 4. The Balaban J connectivity index is 1.26. The molecule has 0 spiro atoms. The van der Waals surface area contributed by atoms with Crippen molar-refractivity contribution in [2.45, 2.75) is 19.6 Å². The molecule has 2 aromatic heterocycles. The summed E-state index contributed by atoms with van der Waals surface area (Å²) in [5.41, 5.74) is 8.15. The van der Waals surface area contributed by atoms with Crippen LogP contribution in [0.4, 0.5) is 30.4 Å². The van der Waals surface area contributed by atoms with Crippen LogP contribution in [-0.4, -0.2) is 31.8 Å². The number of benzene rings is 3. The number of fused-ring (bicyclic) bond motifs is 1. The number of nitrogens with zero attached hydrogens (tertiary/aromatic N) is 3. The summed E-state index contributed by atoms with van der Waals surface area (Å²) < 4.78 is 40.9. The van der Waals surface area contributed by atoms with Crippen molar-refractivity contribution in [2.24, 2.45) is 0 Å². The number of nitrogen functional groups attached to an aromatic ring is 1. The molecule has 3 aromatic carbocycles. The third-order valence-electron chi connectivity index (χ3n) is 6.07. The summed E-state index contributed by atoms with van der Waals surface area (Å²) in [6, 6.07) is 15.6. The second kappa shape index (κ2) is 9.97. The van der Waals surface area contributed by atoms with Crippen molar-refractivity contribution < 1.29 is 22.8 Å². The number of aromatic nitrogens is 4. The van der Waals surface area contributed by atoms with Crippen molar-refractivity contribution >= 4 is 39.9 Å². The Bertz CT molecular complexity index is 1690. The largest absolute Gasteiger partial charge is 0.416 e. The molecule has 2 amide bonds. The lowest BCUT2D eigenvalue weighted by molar-refractivity contribution is -0.138. The summed E-state index contributed by atoms with van der Waals surface area (Å²) in [7, 11) is 0. The molecule has 0 saturated carbocycles. The number of amides is 2. The molecule has 0 fully saturated rings. The van der Waals surface area contributed by atoms with E-state index in [1.54, 1.807) is 42.7 Å². The zero-order valence-electron chi connectivity index (χ0n) is 20.5. The smallest absolute Gasteiger partial charge is 0.399 e. The van der Waals surface area contributed by atoms with E-state index in [2.05, 4.69) is 25.9 Å². The summed E-state index contributed by atoms with van der Waals surface area (Å²) in [4.78, 5) is 25.0. The van der Waals surface area contributed by atoms with Crippen LogP contribution in [0.3, 0.4) is 0 Å². The van der Waals surface area contributed by atoms with Crippen molar-refractivity contribution in [3.63, 3.8) is 0 Å². The van der Waals surface area contributed by atoms with Gasteiger partial charge in [-0.15, -0.1) is 0 Å². The van der Waals surface area contributed by atoms with Crippen molar-refractivity contribution in [3.05, 3.63) is 89.7 Å². The van der Waals surface area contributed by atoms with Gasteiger partial charge in [0.1, 0.15) is 6.54 Å². The summed E-state index contributed by atoms with van der Waals surface area (Å²) in [6.07, 6.45) is -1.29. The normalized spacial score (nSPS) is 11.5. The first kappa shape index (κ1) is 25.5. The van der Waals surface area contributed by atoms with Gasteiger partial charge in [0.05, 0.1) is 17.3 Å². The fourth-order valence-corrected chi connectivity index (χ4v) is 4.06. The van der Waals surface area contributed by atoms with E-state index in [4.69, 9.17) is 5.73 Å². The number of alkyl halides is 3. The molecule has 0 aliphatic carbocycles. The molecule has 198 valence electrons. The molecule has 9 nitrogen and oxygen atoms in total. The molecule has 0 aliphatic rings. The van der Waals surface area contributed by atoms with Crippen LogP contribution in [0.25, 0.3) is 22.0 Å². The topological polar surface area (TPSA) is 131 Å². The minimum absolute atomic E-state index is 0.0503. The van der Waals surface area contributed by atoms with Crippen LogP contribution in [-0.2, 0) is 17.5 Å². The maximum absolute atomic E-state index is 13.2. The Morgan fingerprint density at radius 2 is 1.77 bits per heavy atom. The predicted molar refractivity (Wildman–Crippen MR) is 141 cm³/mol. The fraction of sp³-hybridized carbons (Fsp3) is 0.111. The van der Waals surface area contributed by atoms with Gasteiger partial charge in [-0.05, 0) is 66.6 Å². The minimum Gasteiger partial charge on any atom is -0.399 e. The number of carbonyl (C=O) groups excluding carboxylic acids is 2. The summed E-state index contributed by atoms with van der Waals surface area (Å²) in [5, 5.41) is 17.2. The number of nitrogens with one attached hydrogen (secondary N) is 3. The number of nitrogens with two attached hydrogens (primary N) is 1. The maximum Gasteiger partial charge on any atom is 0.416 e. The van der Waals surface area contributed by atoms with Crippen LogP contribution < -0.4 is 16.4 Å². The Hall–Kier alpha value is -5.13. The Kier molecular flexibility index (Phi) is 6.52. The third-order valence-corrected chi connectivity index (χ3v) is 6.07. The van der Waals surface area contributed by atoms with E-state index in [-0.39, 0.29) is 23.7 Å². The molecule has 0 saturated heterocycles. The van der Waals surface area contributed by atoms with Crippen LogP contribution >= 0.6 is 0 Å². The van der Waals surface area contributed by atoms with Crippen LogP contribution in [0.1, 0.15) is 21.5 Å². The molecule has 0 bridgehead atoms. The first-order valence-electron chi connectivity index (χ1n) is 11.7. The lowest BCUT2D eigenvalue weighted by atomic mass is 10.1. The molecule has 5 aromatic rings. The number of aryl methyl sites for hydroxylation is 1. The van der Waals surface area contributed by atoms with Crippen LogP contribution in [0.5, 0.6) is 0 Å². The molecular formula is C27H22F3N7O2. The lowest BCUT2D eigenvalue weighted by Gasteiger charge is -2.12. The second-order valence-corrected chi connectivity index (χ2v) is 8.91. The van der Waals surface area contributed by atoms with Gasteiger partial charge in [-0.1, -0.05) is 12.1 Å². The molecular weight excluding hydrogens is 511 g/mol. The number of H-pyrrole nitrogens is 1. The molecule has 0 aliphatic heterocycles. The van der Waals surface area contributed by atoms with Gasteiger partial charge in [0.2, 0.25) is 5.91 Å². The molecule has 0 radical (unpaired) electrons. The molecule has 5 N–H and O–H groups in total. The van der Waals surface area contributed by atoms with Crippen LogP contribution in [0, 0.1) is 6.92 Å². The van der Waals surface area contributed by atoms with E-state index in [1.165, 1.54) is 23.7 Å². The zero-order chi connectivity index (χ0) is 27.7. The highest BCUT2D eigenvalue weighted by Crippen LogP contribution is 2.33. The monoisotopic (exact) mass is 533 g/mol. The standard InChI is InChI=1S/C27H22F3N7O2/c1-15-2-8-20(11-22(15)27(28,29)30)33-24(38)14-37-13-18(12-32-37)17-5-9-21-23(10-17)35-36-25(21)34-26(39)16-3-6-19(31)7-4-16/h2-13H,14,31H2,1H3,(H,33,38)(H2,34,35,36,39). The molecule has 12 heteroatoms. The maximum atomic E-state index is 13.2. The summed E-state index contributed by atoms with van der Waals surface area (Å²) >= 11 is 0. The van der Waals surface area contributed by atoms with Crippen molar-refractivity contribution in [1.82, 2.24) is 20.0 Å². The highest BCUT2D eigenvalue weighted by Gasteiger charge is 2.32. The van der Waals surface area contributed by atoms with Crippen molar-refractivity contribution in [1.29, 1.82) is 0 Å². The summed E-state index contributed by atoms with van der Waals surface area (Å²) in [5.74, 6) is -0.477. The van der Waals surface area contributed by atoms with E-state index in [1.807, 2.05) is 12.1 Å². The number of rotatable bonds is 6. The predicted octanol–water partition coefficient (Wildman–Crippen LogP) is 5.23. The van der Waals surface area contributed by atoms with Gasteiger partial charge in [0.25, 0.3) is 5.91 Å². The number of anilines is 3. The van der Waals surface area contributed by atoms with Crippen LogP contribution in [0.2, 0.25) is 0 Å². The third kappa shape index (κ3) is 5.59. The highest BCUT2D eigenvalue weighted by atomic mass is 19.4. The summed E-state index contributed by atoms with van der Waals surface area (Å²) in [6.45, 7) is 1.17. The first-order valence-corrected chi connectivity index (χ1v) is 11.7. The van der Waals surface area contributed by atoms with Gasteiger partial charge >= 0.3 is 6.18 Å². The average Bonchev–Trinajstić information content (AvgIpc) is 3.51. The SMILES string of the molecule is Cc1ccc(NC(=O)Cn2cc(-c3ccc4c(NC(=O)c5ccc(N)cc5)n[nH]c4c3)cn2)cc1C(F)(F)F. The number of carbonyl (C=O) groups is 2. The van der Waals surface area contributed by atoms with Gasteiger partial charge < -0.3 is 16.4 Å². The number of aromatic amines is 1. The van der Waals surface area contributed by atoms with Crippen molar-refractivity contribution in [2.75, 3.05) is 16.4 Å². The zero-order valence-corrected chi connectivity index (χ0v) is 20.5. The highest BCUT2D eigenvalue weighted by molar-refractivity contribution is 6.08. The second-order valence-electron chi connectivity index (χ2n) is 8.91. The molecule has 39 heavy (non-hydrogen) atoms. The lowest BCUT2D eigenvalue weighted by Crippen LogP contribution is -2.19. The molecule has 5 rings (SSSR count). The fourth-order valence-electron chi connectivity index (χ4n) is 4.06. The quantitative estimate of drug-likeness (QED) is 0.222. The first-order chi connectivity index (χ1) is 18.6. The molecule has 0 atom stereocenters. The van der Waals surface area contributed by atoms with Crippen LogP contribution in [0.15, 0.2) is 73.1 Å². The van der Waals surface area contributed by atoms with Gasteiger partial charge in [0.15, 0.2) is 5.82 Å². The van der Waals surface area contributed by atoms with Crippen molar-refractivity contribution in [3.8, 4) is 11.1 Å². The average molecular weight is 534 g/mol. The van der Waals surface area contributed by atoms with Gasteiger partial charge in [-0.2, -0.15) is 23.4 Å². The molecule has 0 unspecified atom stereocenters. The number of hydrogen-bond acceptors (Lipinski definition) is 5. The Morgan fingerprint density at radius 3 is 2.51 bits per heavy atom. The van der Waals surface area contributed by atoms with E-state index in [0.717, 1.165) is 11.6 Å². The van der Waals surface area contributed by atoms with Gasteiger partial charge in [-0.25, -0.2) is 0 Å². The Labute approximate surface area is 219 Å². The van der Waals surface area contributed by atoms with E-state index < -0.39 is 17.6 Å². The molecule has 2 heterocycles. The Morgan fingerprint density at radius 1 is 1.00 bits per heavy atom. The van der Waals surface area contributed by atoms with E-state index in [0.29, 0.717) is 33.5 Å².